The first-order valence-electron chi connectivity index (χ1n) is 4.57. The summed E-state index contributed by atoms with van der Waals surface area (Å²) in [7, 11) is 0. The predicted octanol–water partition coefficient (Wildman–Crippen LogP) is 2.19. The number of hydrogen-bond donors (Lipinski definition) is 1. The van der Waals surface area contributed by atoms with Crippen molar-refractivity contribution in [2.24, 2.45) is 5.92 Å². The molecular formula is C11H11FO2. The monoisotopic (exact) mass is 194 g/mol. The lowest BCUT2D eigenvalue weighted by molar-refractivity contribution is -0.140. The summed E-state index contributed by atoms with van der Waals surface area (Å²) in [5.41, 5.74) is -0.0489. The van der Waals surface area contributed by atoms with Gasteiger partial charge >= 0.3 is 5.97 Å². The molecule has 1 aromatic rings. The quantitative estimate of drug-likeness (QED) is 0.783. The van der Waals surface area contributed by atoms with Crippen LogP contribution in [0, 0.1) is 11.7 Å². The van der Waals surface area contributed by atoms with E-state index in [9.17, 15) is 9.18 Å². The third kappa shape index (κ3) is 1.12. The highest BCUT2D eigenvalue weighted by molar-refractivity contribution is 5.85. The molecule has 0 aromatic heterocycles. The van der Waals surface area contributed by atoms with E-state index in [0.717, 1.165) is 0 Å². The Morgan fingerprint density at radius 1 is 1.50 bits per heavy atom. The molecule has 2 unspecified atom stereocenters. The van der Waals surface area contributed by atoms with Crippen LogP contribution in [0.2, 0.25) is 0 Å². The van der Waals surface area contributed by atoms with Crippen molar-refractivity contribution in [3.8, 4) is 0 Å². The van der Waals surface area contributed by atoms with Crippen molar-refractivity contribution in [1.29, 1.82) is 0 Å². The minimum absolute atomic E-state index is 0.144. The summed E-state index contributed by atoms with van der Waals surface area (Å²) in [6.45, 7) is 1.90. The summed E-state index contributed by atoms with van der Waals surface area (Å²) in [6.07, 6.45) is 0.647. The number of rotatable bonds is 2. The van der Waals surface area contributed by atoms with Gasteiger partial charge in [-0.25, -0.2) is 4.39 Å². The van der Waals surface area contributed by atoms with Crippen molar-refractivity contribution in [3.05, 3.63) is 35.6 Å². The van der Waals surface area contributed by atoms with Gasteiger partial charge in [0.05, 0.1) is 5.41 Å². The van der Waals surface area contributed by atoms with Crippen LogP contribution in [0.4, 0.5) is 4.39 Å². The Morgan fingerprint density at radius 2 is 2.00 bits per heavy atom. The Morgan fingerprint density at radius 3 is 2.36 bits per heavy atom. The lowest BCUT2D eigenvalue weighted by Gasteiger charge is -2.10. The number of halogens is 1. The first-order chi connectivity index (χ1) is 6.57. The van der Waals surface area contributed by atoms with Crippen molar-refractivity contribution in [1.82, 2.24) is 0 Å². The van der Waals surface area contributed by atoms with E-state index in [-0.39, 0.29) is 11.7 Å². The summed E-state index contributed by atoms with van der Waals surface area (Å²) in [5.74, 6) is -0.996. The predicted molar refractivity (Wildman–Crippen MR) is 49.5 cm³/mol. The zero-order valence-corrected chi connectivity index (χ0v) is 7.83. The van der Waals surface area contributed by atoms with Gasteiger partial charge in [-0.2, -0.15) is 0 Å². The number of carboxylic acid groups (broad SMARTS) is 1. The van der Waals surface area contributed by atoms with Gasteiger partial charge < -0.3 is 5.11 Å². The molecule has 1 aliphatic carbocycles. The van der Waals surface area contributed by atoms with Gasteiger partial charge in [0.1, 0.15) is 5.82 Å². The maximum absolute atomic E-state index is 12.6. The second kappa shape index (κ2) is 2.80. The second-order valence-corrected chi connectivity index (χ2v) is 3.89. The molecule has 1 fully saturated rings. The molecule has 0 spiro atoms. The third-order valence-electron chi connectivity index (χ3n) is 3.05. The molecule has 0 amide bonds. The molecule has 0 heterocycles. The molecule has 0 bridgehead atoms. The molecule has 0 saturated heterocycles. The van der Waals surface area contributed by atoms with Gasteiger partial charge in [-0.1, -0.05) is 19.1 Å². The molecule has 14 heavy (non-hydrogen) atoms. The molecule has 2 nitrogen and oxygen atoms in total. The Bertz CT molecular complexity index is 371. The van der Waals surface area contributed by atoms with Crippen LogP contribution in [0.25, 0.3) is 0 Å². The van der Waals surface area contributed by atoms with E-state index in [2.05, 4.69) is 0 Å². The number of carboxylic acids is 1. The zero-order chi connectivity index (χ0) is 10.3. The SMILES string of the molecule is CC1CC1(C(=O)O)c1ccc(F)cc1. The molecule has 1 N–H and O–H groups in total. The maximum atomic E-state index is 12.6. The molecule has 2 atom stereocenters. The van der Waals surface area contributed by atoms with E-state index < -0.39 is 11.4 Å². The lowest BCUT2D eigenvalue weighted by Crippen LogP contribution is -2.21. The third-order valence-corrected chi connectivity index (χ3v) is 3.05. The number of aliphatic carboxylic acids is 1. The standard InChI is InChI=1S/C11H11FO2/c1-7-6-11(7,10(13)14)8-2-4-9(12)5-3-8/h2-5,7H,6H2,1H3,(H,13,14). The van der Waals surface area contributed by atoms with Crippen LogP contribution in [0.15, 0.2) is 24.3 Å². The fourth-order valence-electron chi connectivity index (χ4n) is 2.00. The van der Waals surface area contributed by atoms with Gasteiger partial charge in [0.15, 0.2) is 0 Å². The number of carbonyl (C=O) groups is 1. The van der Waals surface area contributed by atoms with Crippen LogP contribution in [-0.2, 0) is 10.2 Å². The molecular weight excluding hydrogens is 183 g/mol. The van der Waals surface area contributed by atoms with Crippen LogP contribution in [0.1, 0.15) is 18.9 Å². The first kappa shape index (κ1) is 9.19. The highest BCUT2D eigenvalue weighted by Gasteiger charge is 2.58. The highest BCUT2D eigenvalue weighted by atomic mass is 19.1. The highest BCUT2D eigenvalue weighted by Crippen LogP contribution is 2.54. The minimum Gasteiger partial charge on any atom is -0.481 e. The minimum atomic E-state index is -0.809. The smallest absolute Gasteiger partial charge is 0.314 e. The summed E-state index contributed by atoms with van der Waals surface area (Å²) < 4.78 is 12.6. The molecule has 1 saturated carbocycles. The van der Waals surface area contributed by atoms with Gasteiger partial charge in [-0.15, -0.1) is 0 Å². The van der Waals surface area contributed by atoms with E-state index in [4.69, 9.17) is 5.11 Å². The molecule has 1 aliphatic rings. The summed E-state index contributed by atoms with van der Waals surface area (Å²) in [5, 5.41) is 9.10. The van der Waals surface area contributed by atoms with Gasteiger partial charge in [0, 0.05) is 0 Å². The largest absolute Gasteiger partial charge is 0.481 e. The topological polar surface area (TPSA) is 37.3 Å². The Hall–Kier alpha value is -1.38. The van der Waals surface area contributed by atoms with Crippen LogP contribution in [-0.4, -0.2) is 11.1 Å². The van der Waals surface area contributed by atoms with Crippen molar-refractivity contribution >= 4 is 5.97 Å². The van der Waals surface area contributed by atoms with Gasteiger partial charge in [-0.3, -0.25) is 4.79 Å². The normalized spacial score (nSPS) is 30.0. The van der Waals surface area contributed by atoms with E-state index >= 15 is 0 Å². The van der Waals surface area contributed by atoms with Crippen molar-refractivity contribution in [3.63, 3.8) is 0 Å². The van der Waals surface area contributed by atoms with Crippen LogP contribution < -0.4 is 0 Å². The zero-order valence-electron chi connectivity index (χ0n) is 7.83. The van der Waals surface area contributed by atoms with E-state index in [1.54, 1.807) is 12.1 Å². The lowest BCUT2D eigenvalue weighted by atomic mass is 9.94. The first-order valence-corrected chi connectivity index (χ1v) is 4.57. The second-order valence-electron chi connectivity index (χ2n) is 3.89. The molecule has 3 heteroatoms. The van der Waals surface area contributed by atoms with Gasteiger partial charge in [-0.05, 0) is 30.0 Å². The van der Waals surface area contributed by atoms with Crippen LogP contribution in [0.5, 0.6) is 0 Å². The fraction of sp³-hybridized carbons (Fsp3) is 0.364. The molecule has 1 aromatic carbocycles. The van der Waals surface area contributed by atoms with E-state index in [0.29, 0.717) is 12.0 Å². The van der Waals surface area contributed by atoms with Crippen LogP contribution >= 0.6 is 0 Å². The van der Waals surface area contributed by atoms with Crippen molar-refractivity contribution < 1.29 is 14.3 Å². The van der Waals surface area contributed by atoms with Gasteiger partial charge in [0.2, 0.25) is 0 Å². The molecule has 0 radical (unpaired) electrons. The van der Waals surface area contributed by atoms with Crippen molar-refractivity contribution in [2.45, 2.75) is 18.8 Å². The fourth-order valence-corrected chi connectivity index (χ4v) is 2.00. The Balaban J connectivity index is 2.39. The molecule has 74 valence electrons. The number of hydrogen-bond acceptors (Lipinski definition) is 1. The average Bonchev–Trinajstić information content (AvgIpc) is 2.80. The summed E-state index contributed by atoms with van der Waals surface area (Å²) in [6, 6.07) is 5.75. The van der Waals surface area contributed by atoms with Crippen molar-refractivity contribution in [2.75, 3.05) is 0 Å². The van der Waals surface area contributed by atoms with E-state index in [1.165, 1.54) is 12.1 Å². The average molecular weight is 194 g/mol. The number of benzene rings is 1. The molecule has 2 rings (SSSR count). The van der Waals surface area contributed by atoms with E-state index in [1.807, 2.05) is 6.92 Å². The Kier molecular flexibility index (Phi) is 1.84. The Labute approximate surface area is 81.4 Å². The van der Waals surface area contributed by atoms with Gasteiger partial charge in [0.25, 0.3) is 0 Å². The summed E-state index contributed by atoms with van der Waals surface area (Å²) >= 11 is 0. The summed E-state index contributed by atoms with van der Waals surface area (Å²) in [4.78, 5) is 11.1. The molecule has 0 aliphatic heterocycles. The van der Waals surface area contributed by atoms with Crippen LogP contribution in [0.3, 0.4) is 0 Å². The maximum Gasteiger partial charge on any atom is 0.314 e.